The quantitative estimate of drug-likeness (QED) is 0.459. The first-order valence-electron chi connectivity index (χ1n) is 9.25. The molecule has 0 aliphatic heterocycles. The van der Waals surface area contributed by atoms with Crippen molar-refractivity contribution in [2.75, 3.05) is 11.1 Å². The number of thioether (sulfide) groups is 1. The van der Waals surface area contributed by atoms with Gasteiger partial charge in [0.2, 0.25) is 5.91 Å². The first-order valence-corrected chi connectivity index (χ1v) is 10.2. The third-order valence-corrected chi connectivity index (χ3v) is 5.30. The summed E-state index contributed by atoms with van der Waals surface area (Å²) in [5.41, 5.74) is 3.38. The van der Waals surface area contributed by atoms with E-state index in [1.807, 2.05) is 47.9 Å². The van der Waals surface area contributed by atoms with Gasteiger partial charge in [-0.25, -0.2) is 0 Å². The number of hydrogen-bond donors (Lipinski definition) is 2. The topological polar surface area (TPSA) is 92.9 Å². The fourth-order valence-electron chi connectivity index (χ4n) is 2.99. The summed E-state index contributed by atoms with van der Waals surface area (Å²) in [6.07, 6.45) is 3.45. The van der Waals surface area contributed by atoms with Crippen LogP contribution in [-0.2, 0) is 4.79 Å². The highest BCUT2D eigenvalue weighted by Crippen LogP contribution is 2.29. The van der Waals surface area contributed by atoms with E-state index in [1.165, 1.54) is 17.8 Å². The highest BCUT2D eigenvalue weighted by Gasteiger charge is 2.18. The van der Waals surface area contributed by atoms with E-state index in [1.54, 1.807) is 30.6 Å². The number of anilines is 1. The molecule has 1 amide bonds. The van der Waals surface area contributed by atoms with Crippen LogP contribution in [0.25, 0.3) is 17.1 Å². The van der Waals surface area contributed by atoms with Crippen LogP contribution >= 0.6 is 11.8 Å². The van der Waals surface area contributed by atoms with Gasteiger partial charge in [0, 0.05) is 29.7 Å². The van der Waals surface area contributed by atoms with Crippen molar-refractivity contribution in [3.8, 4) is 22.8 Å². The minimum absolute atomic E-state index is 0.0980. The Morgan fingerprint density at radius 2 is 1.97 bits per heavy atom. The van der Waals surface area contributed by atoms with E-state index in [0.717, 1.165) is 16.8 Å². The Morgan fingerprint density at radius 3 is 2.73 bits per heavy atom. The monoisotopic (exact) mass is 417 g/mol. The van der Waals surface area contributed by atoms with Crippen LogP contribution in [0.3, 0.4) is 0 Å². The average molecular weight is 417 g/mol. The van der Waals surface area contributed by atoms with Crippen LogP contribution in [0.15, 0.2) is 78.2 Å². The second kappa shape index (κ2) is 8.79. The Morgan fingerprint density at radius 1 is 1.10 bits per heavy atom. The number of aromatic hydroxyl groups is 1. The Hall–Kier alpha value is -3.65. The zero-order valence-corrected chi connectivity index (χ0v) is 17.0. The van der Waals surface area contributed by atoms with Crippen LogP contribution < -0.4 is 5.32 Å². The lowest BCUT2D eigenvalue weighted by Crippen LogP contribution is -2.14. The van der Waals surface area contributed by atoms with Crippen LogP contribution in [0.2, 0.25) is 0 Å². The number of carbonyl (C=O) groups excluding carboxylic acids is 1. The van der Waals surface area contributed by atoms with Crippen LogP contribution in [0, 0.1) is 6.92 Å². The molecule has 4 aromatic rings. The number of phenols is 1. The number of phenolic OH excluding ortho intramolecular Hbond substituents is 1. The summed E-state index contributed by atoms with van der Waals surface area (Å²) in [4.78, 5) is 16.6. The van der Waals surface area contributed by atoms with Crippen LogP contribution in [0.4, 0.5) is 5.69 Å². The van der Waals surface area contributed by atoms with Gasteiger partial charge in [-0.2, -0.15) is 0 Å². The van der Waals surface area contributed by atoms with Gasteiger partial charge in [-0.05, 0) is 42.8 Å². The summed E-state index contributed by atoms with van der Waals surface area (Å²) in [5.74, 6) is 0.703. The fourth-order valence-corrected chi connectivity index (χ4v) is 3.73. The molecule has 2 aromatic heterocycles. The summed E-state index contributed by atoms with van der Waals surface area (Å²) < 4.78 is 1.94. The standard InChI is InChI=1S/C22H19N5O2S/c1-15-6-2-3-10-19(15)27-21(16-7-5-11-23-13-16)25-26-22(27)30-14-20(29)24-17-8-4-9-18(28)12-17/h2-13,28H,14H2,1H3,(H,24,29). The molecular weight excluding hydrogens is 398 g/mol. The zero-order valence-electron chi connectivity index (χ0n) is 16.2. The molecular formula is C22H19N5O2S. The first kappa shape index (κ1) is 19.7. The van der Waals surface area contributed by atoms with Gasteiger partial charge in [0.1, 0.15) is 5.75 Å². The van der Waals surface area contributed by atoms with E-state index in [9.17, 15) is 9.90 Å². The number of nitrogens with zero attached hydrogens (tertiary/aromatic N) is 4. The lowest BCUT2D eigenvalue weighted by Gasteiger charge is -2.12. The molecule has 0 aliphatic carbocycles. The largest absolute Gasteiger partial charge is 0.508 e. The Kier molecular flexibility index (Phi) is 5.76. The van der Waals surface area contributed by atoms with Gasteiger partial charge in [-0.1, -0.05) is 36.0 Å². The van der Waals surface area contributed by atoms with Gasteiger partial charge in [-0.3, -0.25) is 14.3 Å². The molecule has 0 saturated carbocycles. The molecule has 150 valence electrons. The summed E-state index contributed by atoms with van der Waals surface area (Å²) in [5, 5.41) is 21.6. The fraction of sp³-hybridized carbons (Fsp3) is 0.0909. The lowest BCUT2D eigenvalue weighted by atomic mass is 10.2. The predicted molar refractivity (Wildman–Crippen MR) is 117 cm³/mol. The first-order chi connectivity index (χ1) is 14.6. The molecule has 8 heteroatoms. The number of rotatable bonds is 6. The molecule has 2 N–H and O–H groups in total. The van der Waals surface area contributed by atoms with Crippen molar-refractivity contribution in [1.82, 2.24) is 19.7 Å². The van der Waals surface area contributed by atoms with Crippen molar-refractivity contribution >= 4 is 23.4 Å². The smallest absolute Gasteiger partial charge is 0.234 e. The molecule has 2 aromatic carbocycles. The van der Waals surface area contributed by atoms with E-state index in [4.69, 9.17) is 0 Å². The lowest BCUT2D eigenvalue weighted by molar-refractivity contribution is -0.113. The molecule has 0 fully saturated rings. The molecule has 4 rings (SSSR count). The minimum Gasteiger partial charge on any atom is -0.508 e. The number of amides is 1. The Bertz CT molecular complexity index is 1180. The second-order valence-corrected chi connectivity index (χ2v) is 7.50. The molecule has 0 aliphatic rings. The zero-order chi connectivity index (χ0) is 20.9. The molecule has 30 heavy (non-hydrogen) atoms. The van der Waals surface area contributed by atoms with Crippen molar-refractivity contribution in [3.63, 3.8) is 0 Å². The number of para-hydroxylation sites is 1. The number of carbonyl (C=O) groups is 1. The maximum atomic E-state index is 12.4. The van der Waals surface area contributed by atoms with Crippen molar-refractivity contribution in [2.45, 2.75) is 12.1 Å². The van der Waals surface area contributed by atoms with Crippen molar-refractivity contribution in [2.24, 2.45) is 0 Å². The molecule has 7 nitrogen and oxygen atoms in total. The molecule has 0 radical (unpaired) electrons. The van der Waals surface area contributed by atoms with E-state index >= 15 is 0 Å². The number of benzene rings is 2. The van der Waals surface area contributed by atoms with Crippen molar-refractivity contribution in [1.29, 1.82) is 0 Å². The van der Waals surface area contributed by atoms with Gasteiger partial charge in [-0.15, -0.1) is 10.2 Å². The minimum atomic E-state index is -0.201. The Labute approximate surface area is 177 Å². The van der Waals surface area contributed by atoms with Gasteiger partial charge < -0.3 is 10.4 Å². The van der Waals surface area contributed by atoms with E-state index in [2.05, 4.69) is 20.5 Å². The maximum Gasteiger partial charge on any atom is 0.234 e. The molecule has 0 spiro atoms. The molecule has 0 bridgehead atoms. The van der Waals surface area contributed by atoms with Crippen molar-refractivity contribution < 1.29 is 9.90 Å². The summed E-state index contributed by atoms with van der Waals surface area (Å²) >= 11 is 1.29. The van der Waals surface area contributed by atoms with Crippen LogP contribution in [-0.4, -0.2) is 36.5 Å². The van der Waals surface area contributed by atoms with Gasteiger partial charge in [0.15, 0.2) is 11.0 Å². The highest BCUT2D eigenvalue weighted by atomic mass is 32.2. The number of aromatic nitrogens is 4. The normalized spacial score (nSPS) is 10.7. The second-order valence-electron chi connectivity index (χ2n) is 6.56. The van der Waals surface area contributed by atoms with Crippen molar-refractivity contribution in [3.05, 3.63) is 78.6 Å². The van der Waals surface area contributed by atoms with Gasteiger partial charge in [0.25, 0.3) is 0 Å². The van der Waals surface area contributed by atoms with Crippen LogP contribution in [0.1, 0.15) is 5.56 Å². The molecule has 0 atom stereocenters. The number of hydrogen-bond acceptors (Lipinski definition) is 6. The summed E-state index contributed by atoms with van der Waals surface area (Å²) in [6, 6.07) is 18.2. The Balaban J connectivity index is 1.61. The molecule has 0 saturated heterocycles. The van der Waals surface area contributed by atoms with E-state index < -0.39 is 0 Å². The molecule has 2 heterocycles. The third kappa shape index (κ3) is 4.33. The SMILES string of the molecule is Cc1ccccc1-n1c(SCC(=O)Nc2cccc(O)c2)nnc1-c1cccnc1. The highest BCUT2D eigenvalue weighted by molar-refractivity contribution is 7.99. The van der Waals surface area contributed by atoms with Crippen LogP contribution in [0.5, 0.6) is 5.75 Å². The number of nitrogens with one attached hydrogen (secondary N) is 1. The molecule has 0 unspecified atom stereocenters. The van der Waals surface area contributed by atoms with Gasteiger partial charge >= 0.3 is 0 Å². The van der Waals surface area contributed by atoms with Gasteiger partial charge in [0.05, 0.1) is 11.4 Å². The average Bonchev–Trinajstić information content (AvgIpc) is 3.17. The third-order valence-electron chi connectivity index (χ3n) is 4.37. The van der Waals surface area contributed by atoms with E-state index in [0.29, 0.717) is 16.7 Å². The number of pyridine rings is 1. The summed E-state index contributed by atoms with van der Waals surface area (Å²) in [7, 11) is 0. The predicted octanol–water partition coefficient (Wildman–Crippen LogP) is 4.07. The maximum absolute atomic E-state index is 12.4. The number of aryl methyl sites for hydroxylation is 1. The summed E-state index contributed by atoms with van der Waals surface area (Å²) in [6.45, 7) is 2.02. The van der Waals surface area contributed by atoms with E-state index in [-0.39, 0.29) is 17.4 Å².